The van der Waals surface area contributed by atoms with Crippen LogP contribution in [-0.2, 0) is 105 Å². The van der Waals surface area contributed by atoms with E-state index in [0.29, 0.717) is 0 Å². The van der Waals surface area contributed by atoms with E-state index in [-0.39, 0.29) is 201 Å². The van der Waals surface area contributed by atoms with E-state index in [1.54, 1.807) is 0 Å². The monoisotopic (exact) mass is 2130 g/mol. The molecule has 0 N–H and O–H groups in total. The third kappa shape index (κ3) is 114. The van der Waals surface area contributed by atoms with Gasteiger partial charge in [0.25, 0.3) is 0 Å². The third-order valence-electron chi connectivity index (χ3n) is 24.3. The quantitative estimate of drug-likeness (QED) is 0.0288. The molecule has 0 aromatic heterocycles. The number of rotatable bonds is 26. The molecule has 756 valence electrons. The van der Waals surface area contributed by atoms with Crippen molar-refractivity contribution < 1.29 is 105 Å². The molecule has 0 radical (unpaired) electrons. The van der Waals surface area contributed by atoms with Crippen molar-refractivity contribution in [1.82, 2.24) is 0 Å². The molecule has 8 saturated carbocycles. The van der Waals surface area contributed by atoms with Crippen LogP contribution in [0.5, 0.6) is 0 Å². The summed E-state index contributed by atoms with van der Waals surface area (Å²) < 4.78 is 0. The van der Waals surface area contributed by atoms with Gasteiger partial charge in [0.2, 0.25) is 0 Å². The van der Waals surface area contributed by atoms with E-state index in [1.165, 1.54) is 347 Å². The molecule has 14 rings (SSSR count). The van der Waals surface area contributed by atoms with E-state index < -0.39 is 0 Å². The van der Waals surface area contributed by atoms with Gasteiger partial charge in [0.1, 0.15) is 0 Å². The first-order chi connectivity index (χ1) is 56.8. The van der Waals surface area contributed by atoms with Crippen molar-refractivity contribution in [2.24, 2.45) is 47.3 Å². The Labute approximate surface area is 921 Å². The second kappa shape index (κ2) is 131. The molecule has 0 saturated heterocycles. The largest absolute Gasteiger partial charge is 4.00 e. The van der Waals surface area contributed by atoms with Crippen LogP contribution in [0.3, 0.4) is 0 Å². The Morgan fingerprint density at radius 3 is 0.451 bits per heavy atom. The predicted molar refractivity (Wildman–Crippen MR) is 610 cm³/mol. The second-order valence-electron chi connectivity index (χ2n) is 34.9. The van der Waals surface area contributed by atoms with Crippen LogP contribution in [-0.4, -0.2) is 0 Å². The first kappa shape index (κ1) is 169. The SMILES string of the molecule is C.C.C.C=CCCC1CCCC1.C=CCCC1CCCC1.C=CCCCC1CCCC1.C=CCCCC1CCCC1.CCCC1CCCC1.CCCC1CCCC1.CCCCCC1CCCC1.CCCCCC1CCCC1.[CH2-]c1ccccc1.[CH2-]c1ccccc1.[CH2-]c1ccccc1.[CH2-]c1ccccc1.[CH2-]c1ccccc1.[CH2-]c1ccccc1.[CH3-].[CH3-].[CH3-].[CH3-].[CH3-].[CH3-].[CH3-].[CH3-].[CH3-].[CH3-].[Zr+4].[Zr+4].[Zr+4].[Zr+4]. The van der Waals surface area contributed by atoms with Gasteiger partial charge >= 0.3 is 105 Å². The van der Waals surface area contributed by atoms with Crippen molar-refractivity contribution in [2.45, 2.75) is 397 Å². The summed E-state index contributed by atoms with van der Waals surface area (Å²) in [6.07, 6.45) is 86.9. The molecular formula is C129H224Zr4. The van der Waals surface area contributed by atoms with Gasteiger partial charge in [0.05, 0.1) is 0 Å². The van der Waals surface area contributed by atoms with Gasteiger partial charge < -0.3 is 74.3 Å². The molecule has 0 heterocycles. The van der Waals surface area contributed by atoms with E-state index in [9.17, 15) is 0 Å². The molecule has 0 atom stereocenters. The summed E-state index contributed by atoms with van der Waals surface area (Å²) in [5.41, 5.74) is 6.43. The van der Waals surface area contributed by atoms with E-state index in [1.807, 2.05) is 206 Å². The molecular weight excluding hydrogens is 1910 g/mol. The number of allylic oxidation sites excluding steroid dienone is 4. The smallest absolute Gasteiger partial charge is 0.358 e. The van der Waals surface area contributed by atoms with Crippen molar-refractivity contribution in [3.63, 3.8) is 0 Å². The maximum Gasteiger partial charge on any atom is 4.00 e. The van der Waals surface area contributed by atoms with Crippen LogP contribution < -0.4 is 0 Å². The summed E-state index contributed by atoms with van der Waals surface area (Å²) >= 11 is 0. The minimum absolute atomic E-state index is 0. The van der Waals surface area contributed by atoms with Crippen molar-refractivity contribution in [3.05, 3.63) is 382 Å². The van der Waals surface area contributed by atoms with Gasteiger partial charge in [-0.25, -0.2) is 0 Å². The zero-order valence-corrected chi connectivity index (χ0v) is 98.3. The van der Waals surface area contributed by atoms with Crippen LogP contribution in [0.1, 0.15) is 430 Å². The zero-order chi connectivity index (χ0) is 84.3. The van der Waals surface area contributed by atoms with Gasteiger partial charge in [-0.15, -0.1) is 99.1 Å². The van der Waals surface area contributed by atoms with Gasteiger partial charge in [0, 0.05) is 0 Å². The normalized spacial score (nSPS) is 14.1. The Bertz CT molecular complexity index is 2520. The average molecular weight is 2140 g/mol. The summed E-state index contributed by atoms with van der Waals surface area (Å²) in [7, 11) is 0. The van der Waals surface area contributed by atoms with Gasteiger partial charge in [-0.3, -0.25) is 0 Å². The van der Waals surface area contributed by atoms with Crippen LogP contribution in [0.2, 0.25) is 0 Å². The molecule has 0 bridgehead atoms. The maximum atomic E-state index is 3.72. The molecule has 0 amide bonds. The Kier molecular flexibility index (Phi) is 167. The van der Waals surface area contributed by atoms with Crippen molar-refractivity contribution in [1.29, 1.82) is 0 Å². The van der Waals surface area contributed by atoms with E-state index in [4.69, 9.17) is 0 Å². The first-order valence-corrected chi connectivity index (χ1v) is 48.5. The Morgan fingerprint density at radius 2 is 0.331 bits per heavy atom. The fourth-order valence-electron chi connectivity index (χ4n) is 17.3. The van der Waals surface area contributed by atoms with Gasteiger partial charge in [-0.2, -0.15) is 148 Å². The van der Waals surface area contributed by atoms with Crippen LogP contribution in [0.25, 0.3) is 0 Å². The minimum atomic E-state index is 0. The molecule has 8 aliphatic rings. The van der Waals surface area contributed by atoms with Crippen LogP contribution >= 0.6 is 0 Å². The van der Waals surface area contributed by atoms with Gasteiger partial charge in [-0.05, 0) is 98.7 Å². The molecule has 8 aliphatic carbocycles. The number of benzene rings is 6. The second-order valence-corrected chi connectivity index (χ2v) is 34.9. The van der Waals surface area contributed by atoms with Crippen LogP contribution in [0.15, 0.2) is 233 Å². The third-order valence-corrected chi connectivity index (χ3v) is 24.3. The Hall–Kier alpha value is -2.97. The van der Waals surface area contributed by atoms with Crippen molar-refractivity contribution in [2.75, 3.05) is 0 Å². The maximum absolute atomic E-state index is 3.72. The molecule has 0 nitrogen and oxygen atoms in total. The molecule has 8 fully saturated rings. The van der Waals surface area contributed by atoms with E-state index in [2.05, 4.69) is 95.6 Å². The van der Waals surface area contributed by atoms with Crippen LogP contribution in [0.4, 0.5) is 0 Å². The molecule has 0 aliphatic heterocycles. The number of hydrogen-bond donors (Lipinski definition) is 0. The van der Waals surface area contributed by atoms with Gasteiger partial charge in [0.15, 0.2) is 0 Å². The van der Waals surface area contributed by atoms with E-state index in [0.717, 1.165) is 80.7 Å². The fourth-order valence-corrected chi connectivity index (χ4v) is 17.3. The molecule has 133 heavy (non-hydrogen) atoms. The van der Waals surface area contributed by atoms with Crippen molar-refractivity contribution in [3.8, 4) is 0 Å². The molecule has 4 heteroatoms. The zero-order valence-electron chi connectivity index (χ0n) is 88.5. The molecule has 6 aromatic rings. The summed E-state index contributed by atoms with van der Waals surface area (Å²) in [6, 6.07) is 59.2. The molecule has 0 unspecified atom stereocenters. The minimum Gasteiger partial charge on any atom is -0.358 e. The van der Waals surface area contributed by atoms with Crippen LogP contribution in [0, 0.1) is 163 Å². The predicted octanol–water partition coefficient (Wildman–Crippen LogP) is 44.4. The standard InChI is InChI=1S/2C10H20.2C10H18.2C9H16.2C8H16.6C7H7.3CH4.10CH3.4Zr/c4*1-2-3-4-7-10-8-5-6-9-10;2*1-2-3-6-9-7-4-5-8-9;2*1-2-5-8-6-3-4-7-8;6*1-7-5-3-2-4-6-7;;;;;;;;;;;;;;;;;/h2*10H,2-9H2,1H3;2*2,10H,1,3-9H2;2*2,9H,1,3-8H2;2*8H,2-7H2,1H3;6*2-6H,1H2;3*1H4;10*1H3;;;;/q;;;;;;;;6*-1;;;;10*-1;4*+4. The summed E-state index contributed by atoms with van der Waals surface area (Å²) in [5.74, 6) is 8.68. The summed E-state index contributed by atoms with van der Waals surface area (Å²) in [5, 5.41) is 0. The average Bonchev–Trinajstić information content (AvgIpc) is 1.81. The van der Waals surface area contributed by atoms with Gasteiger partial charge in [-0.1, -0.05) is 406 Å². The van der Waals surface area contributed by atoms with E-state index >= 15 is 0 Å². The summed E-state index contributed by atoms with van der Waals surface area (Å²) in [4.78, 5) is 0. The first-order valence-electron chi connectivity index (χ1n) is 48.5. The Balaban J connectivity index is -0.0000000721. The molecule has 0 spiro atoms. The topological polar surface area (TPSA) is 0 Å². The number of unbranched alkanes of at least 4 members (excludes halogenated alkanes) is 6. The van der Waals surface area contributed by atoms with Crippen molar-refractivity contribution >= 4 is 0 Å². The molecule has 6 aromatic carbocycles. The summed E-state index contributed by atoms with van der Waals surface area (Å²) in [6.45, 7) is 46.4. The number of hydrogen-bond acceptors (Lipinski definition) is 0. The fraction of sp³-hybridized carbons (Fsp3) is 0.535. The Morgan fingerprint density at radius 1 is 0.195 bits per heavy atom.